The zero-order valence-electron chi connectivity index (χ0n) is 22.0. The number of nitrogens with zero attached hydrogens (tertiary/aromatic N) is 1. The first-order valence-electron chi connectivity index (χ1n) is 13.5. The second-order valence-corrected chi connectivity index (χ2v) is 11.7. The van der Waals surface area contributed by atoms with E-state index in [9.17, 15) is 24.3 Å². The summed E-state index contributed by atoms with van der Waals surface area (Å²) in [5, 5.41) is 16.0. The summed E-state index contributed by atoms with van der Waals surface area (Å²) < 4.78 is 5.43. The number of amides is 4. The molecule has 0 bridgehead atoms. The van der Waals surface area contributed by atoms with Crippen LogP contribution in [0.25, 0.3) is 0 Å². The van der Waals surface area contributed by atoms with Gasteiger partial charge in [-0.25, -0.2) is 4.79 Å². The first kappa shape index (κ1) is 28.2. The summed E-state index contributed by atoms with van der Waals surface area (Å²) in [5.41, 5.74) is 4.63. The fraction of sp³-hybridized carbons (Fsp3) is 0.846. The molecule has 0 aromatic heterocycles. The number of likely N-dealkylation sites (tertiary alicyclic amines) is 1. The van der Waals surface area contributed by atoms with Crippen LogP contribution in [-0.2, 0) is 19.1 Å². The molecule has 0 aromatic rings. The number of ether oxygens (including phenoxy) is 1. The lowest BCUT2D eigenvalue weighted by Gasteiger charge is -2.36. The molecule has 3 rings (SSSR count). The Morgan fingerprint density at radius 1 is 0.972 bits per heavy atom. The van der Waals surface area contributed by atoms with Crippen molar-refractivity contribution in [2.45, 2.75) is 121 Å². The fourth-order valence-electron chi connectivity index (χ4n) is 5.60. The number of hydrogen-bond donors (Lipinski definition) is 4. The number of primary amides is 1. The summed E-state index contributed by atoms with van der Waals surface area (Å²) in [6.07, 6.45) is 7.28. The number of rotatable bonds is 9. The summed E-state index contributed by atoms with van der Waals surface area (Å²) in [6.45, 7) is 5.71. The van der Waals surface area contributed by atoms with E-state index in [1.165, 1.54) is 0 Å². The molecule has 0 spiro atoms. The monoisotopic (exact) mass is 508 g/mol. The summed E-state index contributed by atoms with van der Waals surface area (Å²) >= 11 is 0. The number of nitrogens with one attached hydrogen (secondary N) is 2. The van der Waals surface area contributed by atoms with Crippen LogP contribution in [-0.4, -0.2) is 70.2 Å². The molecule has 2 saturated carbocycles. The second-order valence-electron chi connectivity index (χ2n) is 11.7. The van der Waals surface area contributed by atoms with Crippen molar-refractivity contribution in [3.05, 3.63) is 0 Å². The Morgan fingerprint density at radius 3 is 2.19 bits per heavy atom. The molecule has 10 heteroatoms. The summed E-state index contributed by atoms with van der Waals surface area (Å²) in [5.74, 6) is -1.25. The molecule has 0 radical (unpaired) electrons. The molecule has 10 nitrogen and oxygen atoms in total. The first-order chi connectivity index (χ1) is 17.0. The average molecular weight is 509 g/mol. The largest absolute Gasteiger partial charge is 0.444 e. The third kappa shape index (κ3) is 7.57. The molecular weight excluding hydrogens is 464 g/mol. The Morgan fingerprint density at radius 2 is 1.64 bits per heavy atom. The molecule has 4 atom stereocenters. The third-order valence-corrected chi connectivity index (χ3v) is 7.71. The highest BCUT2D eigenvalue weighted by atomic mass is 16.6. The molecule has 4 amide bonds. The van der Waals surface area contributed by atoms with E-state index >= 15 is 0 Å². The van der Waals surface area contributed by atoms with Crippen molar-refractivity contribution >= 4 is 23.8 Å². The molecule has 2 aliphatic carbocycles. The van der Waals surface area contributed by atoms with Gasteiger partial charge in [0.15, 0.2) is 6.10 Å². The molecule has 36 heavy (non-hydrogen) atoms. The van der Waals surface area contributed by atoms with Gasteiger partial charge in [0.25, 0.3) is 0 Å². The van der Waals surface area contributed by atoms with Gasteiger partial charge in [-0.15, -0.1) is 0 Å². The van der Waals surface area contributed by atoms with Crippen LogP contribution in [0.1, 0.15) is 91.4 Å². The highest BCUT2D eigenvalue weighted by Crippen LogP contribution is 2.32. The Balaban J connectivity index is 1.72. The average Bonchev–Trinajstić information content (AvgIpc) is 3.27. The molecule has 1 saturated heterocycles. The molecule has 3 unspecified atom stereocenters. The normalized spacial score (nSPS) is 23.8. The van der Waals surface area contributed by atoms with Crippen molar-refractivity contribution in [1.29, 1.82) is 0 Å². The lowest BCUT2D eigenvalue weighted by Crippen LogP contribution is -2.58. The smallest absolute Gasteiger partial charge is 0.408 e. The Labute approximate surface area is 214 Å². The molecule has 5 N–H and O–H groups in total. The van der Waals surface area contributed by atoms with Crippen LogP contribution in [0.2, 0.25) is 0 Å². The molecular formula is C26H44N4O6. The van der Waals surface area contributed by atoms with Crippen LogP contribution in [0, 0.1) is 11.8 Å². The van der Waals surface area contributed by atoms with Crippen LogP contribution in [0.4, 0.5) is 4.79 Å². The molecule has 1 heterocycles. The number of carbonyl (C=O) groups is 4. The highest BCUT2D eigenvalue weighted by Gasteiger charge is 2.42. The van der Waals surface area contributed by atoms with Crippen LogP contribution < -0.4 is 16.4 Å². The number of aliphatic hydroxyl groups is 1. The van der Waals surface area contributed by atoms with Gasteiger partial charge in [-0.1, -0.05) is 38.5 Å². The van der Waals surface area contributed by atoms with E-state index in [1.54, 1.807) is 25.7 Å². The van der Waals surface area contributed by atoms with E-state index in [0.717, 1.165) is 51.4 Å². The summed E-state index contributed by atoms with van der Waals surface area (Å²) in [6, 6.07) is -2.28. The molecule has 3 aliphatic rings. The van der Waals surface area contributed by atoms with E-state index in [2.05, 4.69) is 10.6 Å². The maximum atomic E-state index is 13.8. The lowest BCUT2D eigenvalue weighted by atomic mass is 9.79. The van der Waals surface area contributed by atoms with Gasteiger partial charge in [-0.3, -0.25) is 14.4 Å². The Bertz CT molecular complexity index is 803. The van der Waals surface area contributed by atoms with Gasteiger partial charge in [-0.05, 0) is 64.7 Å². The maximum Gasteiger partial charge on any atom is 0.408 e. The minimum absolute atomic E-state index is 0.0221. The number of aliphatic hydroxyl groups excluding tert-OH is 1. The van der Waals surface area contributed by atoms with E-state index in [-0.39, 0.29) is 11.8 Å². The van der Waals surface area contributed by atoms with Gasteiger partial charge in [0.05, 0.1) is 6.04 Å². The van der Waals surface area contributed by atoms with Crippen LogP contribution >= 0.6 is 0 Å². The number of nitrogens with two attached hydrogens (primary N) is 1. The first-order valence-corrected chi connectivity index (χ1v) is 13.5. The standard InChI is InChI=1S/C26H44N4O6/c1-26(2,3)36-25(35)29-20(17-11-5-4-6-12-17)24(34)30-14-8-13-19(30)23(33)28-18(21(31)22(27)32)15-16-9-7-10-16/h16-21,31H,4-15H2,1-3H3,(H2,27,32)(H,28,33)(H,29,35)/t18?,19?,20-,21?/m0/s1. The van der Waals surface area contributed by atoms with Gasteiger partial charge in [0.2, 0.25) is 17.7 Å². The van der Waals surface area contributed by atoms with Crippen molar-refractivity contribution < 1.29 is 29.0 Å². The van der Waals surface area contributed by atoms with Gasteiger partial charge in [0, 0.05) is 6.54 Å². The van der Waals surface area contributed by atoms with E-state index in [1.807, 2.05) is 0 Å². The predicted molar refractivity (Wildman–Crippen MR) is 134 cm³/mol. The van der Waals surface area contributed by atoms with Crippen molar-refractivity contribution in [2.75, 3.05) is 6.54 Å². The van der Waals surface area contributed by atoms with Crippen molar-refractivity contribution in [1.82, 2.24) is 15.5 Å². The maximum absolute atomic E-state index is 13.8. The molecule has 1 aliphatic heterocycles. The zero-order chi connectivity index (χ0) is 26.5. The second kappa shape index (κ2) is 12.3. The van der Waals surface area contributed by atoms with Gasteiger partial charge < -0.3 is 31.1 Å². The Kier molecular flexibility index (Phi) is 9.60. The van der Waals surface area contributed by atoms with Crippen LogP contribution in [0.15, 0.2) is 0 Å². The van der Waals surface area contributed by atoms with E-state index in [4.69, 9.17) is 10.5 Å². The van der Waals surface area contributed by atoms with Crippen molar-refractivity contribution in [3.8, 4) is 0 Å². The number of hydrogen-bond acceptors (Lipinski definition) is 6. The van der Waals surface area contributed by atoms with Gasteiger partial charge in [0.1, 0.15) is 17.7 Å². The lowest BCUT2D eigenvalue weighted by molar-refractivity contribution is -0.142. The number of carbonyl (C=O) groups excluding carboxylic acids is 4. The minimum Gasteiger partial charge on any atom is -0.444 e. The zero-order valence-corrected chi connectivity index (χ0v) is 22.0. The summed E-state index contributed by atoms with van der Waals surface area (Å²) in [4.78, 5) is 52.9. The topological polar surface area (TPSA) is 151 Å². The third-order valence-electron chi connectivity index (χ3n) is 7.71. The van der Waals surface area contributed by atoms with Crippen LogP contribution in [0.5, 0.6) is 0 Å². The van der Waals surface area contributed by atoms with E-state index in [0.29, 0.717) is 31.7 Å². The molecule has 0 aromatic carbocycles. The molecule has 204 valence electrons. The van der Waals surface area contributed by atoms with Gasteiger partial charge >= 0.3 is 6.09 Å². The SMILES string of the molecule is CC(C)(C)OC(=O)N[C@H](C(=O)N1CCCC1C(=O)NC(CC1CCC1)C(O)C(N)=O)C1CCCCC1. The van der Waals surface area contributed by atoms with E-state index < -0.39 is 47.7 Å². The highest BCUT2D eigenvalue weighted by molar-refractivity contribution is 5.92. The van der Waals surface area contributed by atoms with Gasteiger partial charge in [-0.2, -0.15) is 0 Å². The fourth-order valence-corrected chi connectivity index (χ4v) is 5.60. The molecule has 3 fully saturated rings. The Hall–Kier alpha value is -2.36. The quantitative estimate of drug-likeness (QED) is 0.374. The summed E-state index contributed by atoms with van der Waals surface area (Å²) in [7, 11) is 0. The van der Waals surface area contributed by atoms with Crippen LogP contribution in [0.3, 0.4) is 0 Å². The predicted octanol–water partition coefficient (Wildman–Crippen LogP) is 1.97. The minimum atomic E-state index is -1.48. The van der Waals surface area contributed by atoms with Crippen molar-refractivity contribution in [3.63, 3.8) is 0 Å². The number of alkyl carbamates (subject to hydrolysis) is 1. The van der Waals surface area contributed by atoms with Crippen molar-refractivity contribution in [2.24, 2.45) is 17.6 Å².